The molecule has 0 heterocycles. The van der Waals surface area contributed by atoms with E-state index in [1.165, 1.54) is 25.3 Å². The summed E-state index contributed by atoms with van der Waals surface area (Å²) in [6.45, 7) is 8.13. The highest BCUT2D eigenvalue weighted by molar-refractivity contribution is 5.81. The number of carbonyl (C=O) groups excluding carboxylic acids is 1. The van der Waals surface area contributed by atoms with Crippen LogP contribution in [0.1, 0.15) is 46.0 Å². The van der Waals surface area contributed by atoms with Gasteiger partial charge in [0, 0.05) is 12.0 Å². The minimum absolute atomic E-state index is 0.159. The minimum atomic E-state index is -0.220. The average Bonchev–Trinajstić information content (AvgIpc) is 2.25. The molecule has 0 aliphatic heterocycles. The van der Waals surface area contributed by atoms with E-state index in [4.69, 9.17) is 4.74 Å². The lowest BCUT2D eigenvalue weighted by molar-refractivity contribution is -0.211. The van der Waals surface area contributed by atoms with E-state index in [0.29, 0.717) is 11.8 Å². The van der Waals surface area contributed by atoms with E-state index in [1.54, 1.807) is 0 Å². The average molecular weight is 248 g/mol. The summed E-state index contributed by atoms with van der Waals surface area (Å²) in [4.78, 5) is 11.7. The van der Waals surface area contributed by atoms with Crippen LogP contribution in [0.25, 0.3) is 0 Å². The predicted molar refractivity (Wildman–Crippen MR) is 70.9 cm³/mol. The molecule has 4 rings (SSSR count). The van der Waals surface area contributed by atoms with Gasteiger partial charge in [-0.1, -0.05) is 20.4 Å². The van der Waals surface area contributed by atoms with Gasteiger partial charge in [-0.05, 0) is 55.8 Å². The summed E-state index contributed by atoms with van der Waals surface area (Å²) in [7, 11) is 0. The van der Waals surface area contributed by atoms with E-state index in [9.17, 15) is 4.79 Å². The number of hydrogen-bond acceptors (Lipinski definition) is 2. The third-order valence-electron chi connectivity index (χ3n) is 5.51. The SMILES string of the molecule is C=CC(=O)OC12CC3CC(CC(C3)C1C(C)C)C2. The van der Waals surface area contributed by atoms with Crippen molar-refractivity contribution in [2.24, 2.45) is 29.6 Å². The van der Waals surface area contributed by atoms with E-state index in [1.807, 2.05) is 0 Å². The maximum absolute atomic E-state index is 11.7. The van der Waals surface area contributed by atoms with Crippen molar-refractivity contribution in [1.29, 1.82) is 0 Å². The first-order chi connectivity index (χ1) is 8.54. The van der Waals surface area contributed by atoms with Crippen LogP contribution in [-0.2, 0) is 9.53 Å². The molecule has 0 amide bonds. The van der Waals surface area contributed by atoms with Gasteiger partial charge in [0.2, 0.25) is 0 Å². The van der Waals surface area contributed by atoms with Gasteiger partial charge in [0.1, 0.15) is 5.60 Å². The van der Waals surface area contributed by atoms with Crippen molar-refractivity contribution in [2.45, 2.75) is 51.6 Å². The molecule has 2 nitrogen and oxygen atoms in total. The standard InChI is InChI=1S/C16H24O2/c1-4-14(17)18-16-8-11-5-12(9-16)7-13(6-11)15(16)10(2)3/h4,10-13,15H,1,5-9H2,2-3H3. The van der Waals surface area contributed by atoms with Gasteiger partial charge in [0.25, 0.3) is 0 Å². The molecule has 18 heavy (non-hydrogen) atoms. The van der Waals surface area contributed by atoms with Gasteiger partial charge in [0.15, 0.2) is 0 Å². The van der Waals surface area contributed by atoms with Crippen molar-refractivity contribution in [2.75, 3.05) is 0 Å². The Morgan fingerprint density at radius 2 is 1.89 bits per heavy atom. The monoisotopic (exact) mass is 248 g/mol. The Labute approximate surface area is 110 Å². The molecule has 2 heteroatoms. The first kappa shape index (κ1) is 12.3. The molecule has 3 atom stereocenters. The summed E-state index contributed by atoms with van der Waals surface area (Å²) < 4.78 is 5.92. The van der Waals surface area contributed by atoms with Crippen LogP contribution in [-0.4, -0.2) is 11.6 Å². The lowest BCUT2D eigenvalue weighted by Gasteiger charge is -2.61. The van der Waals surface area contributed by atoms with E-state index >= 15 is 0 Å². The second-order valence-corrected chi connectivity index (χ2v) is 7.07. The molecule has 4 aliphatic rings. The quantitative estimate of drug-likeness (QED) is 0.564. The molecule has 0 aromatic rings. The lowest BCUT2D eigenvalue weighted by Crippen LogP contribution is -2.60. The zero-order chi connectivity index (χ0) is 12.9. The molecular formula is C16H24O2. The van der Waals surface area contributed by atoms with Crippen molar-refractivity contribution >= 4 is 5.97 Å². The summed E-state index contributed by atoms with van der Waals surface area (Å²) in [6, 6.07) is 0. The zero-order valence-corrected chi connectivity index (χ0v) is 11.5. The summed E-state index contributed by atoms with van der Waals surface area (Å²) in [6.07, 6.45) is 7.63. The molecule has 4 saturated carbocycles. The Balaban J connectivity index is 1.92. The first-order valence-corrected chi connectivity index (χ1v) is 7.39. The van der Waals surface area contributed by atoms with Crippen LogP contribution in [0.5, 0.6) is 0 Å². The van der Waals surface area contributed by atoms with Gasteiger partial charge in [0.05, 0.1) is 0 Å². The molecule has 0 N–H and O–H groups in total. The van der Waals surface area contributed by atoms with Crippen LogP contribution in [0.2, 0.25) is 0 Å². The molecule has 4 bridgehead atoms. The molecule has 0 spiro atoms. The molecule has 100 valence electrons. The largest absolute Gasteiger partial charge is 0.456 e. The van der Waals surface area contributed by atoms with Crippen LogP contribution >= 0.6 is 0 Å². The molecule has 0 radical (unpaired) electrons. The van der Waals surface area contributed by atoms with E-state index < -0.39 is 0 Å². The highest BCUT2D eigenvalue weighted by Gasteiger charge is 2.59. The Kier molecular flexibility index (Phi) is 2.80. The van der Waals surface area contributed by atoms with Gasteiger partial charge >= 0.3 is 5.97 Å². The van der Waals surface area contributed by atoms with E-state index in [0.717, 1.165) is 30.6 Å². The topological polar surface area (TPSA) is 26.3 Å². The fourth-order valence-electron chi connectivity index (χ4n) is 5.55. The second kappa shape index (κ2) is 4.11. The minimum Gasteiger partial charge on any atom is -0.456 e. The summed E-state index contributed by atoms with van der Waals surface area (Å²) in [5, 5.41) is 0. The molecule has 4 fully saturated rings. The van der Waals surface area contributed by atoms with Crippen LogP contribution in [0.4, 0.5) is 0 Å². The van der Waals surface area contributed by atoms with Gasteiger partial charge in [-0.3, -0.25) is 0 Å². The lowest BCUT2D eigenvalue weighted by atomic mass is 9.47. The van der Waals surface area contributed by atoms with Crippen molar-refractivity contribution in [3.8, 4) is 0 Å². The Hall–Kier alpha value is -0.790. The Bertz CT molecular complexity index is 357. The predicted octanol–water partition coefficient (Wildman–Crippen LogP) is 3.57. The number of carbonyl (C=O) groups is 1. The molecule has 3 unspecified atom stereocenters. The fraction of sp³-hybridized carbons (Fsp3) is 0.812. The molecular weight excluding hydrogens is 224 g/mol. The van der Waals surface area contributed by atoms with Crippen LogP contribution < -0.4 is 0 Å². The van der Waals surface area contributed by atoms with Gasteiger partial charge < -0.3 is 4.74 Å². The smallest absolute Gasteiger partial charge is 0.330 e. The highest BCUT2D eigenvalue weighted by atomic mass is 16.6. The second-order valence-electron chi connectivity index (χ2n) is 7.07. The van der Waals surface area contributed by atoms with E-state index in [-0.39, 0.29) is 11.6 Å². The van der Waals surface area contributed by atoms with Crippen molar-refractivity contribution in [3.63, 3.8) is 0 Å². The maximum Gasteiger partial charge on any atom is 0.330 e. The van der Waals surface area contributed by atoms with E-state index in [2.05, 4.69) is 20.4 Å². The number of esters is 1. The van der Waals surface area contributed by atoms with Crippen molar-refractivity contribution < 1.29 is 9.53 Å². The van der Waals surface area contributed by atoms with Crippen molar-refractivity contribution in [1.82, 2.24) is 0 Å². The molecule has 4 aliphatic carbocycles. The first-order valence-electron chi connectivity index (χ1n) is 7.39. The Morgan fingerprint density at radius 1 is 1.28 bits per heavy atom. The normalized spacial score (nSPS) is 45.3. The number of rotatable bonds is 3. The van der Waals surface area contributed by atoms with Gasteiger partial charge in [-0.25, -0.2) is 4.79 Å². The molecule has 0 aromatic carbocycles. The van der Waals surface area contributed by atoms with Crippen molar-refractivity contribution in [3.05, 3.63) is 12.7 Å². The molecule has 0 saturated heterocycles. The summed E-state index contributed by atoms with van der Waals surface area (Å²) in [5.74, 6) is 3.34. The number of hydrogen-bond donors (Lipinski definition) is 0. The molecule has 0 aromatic heterocycles. The maximum atomic E-state index is 11.7. The Morgan fingerprint density at radius 3 is 2.39 bits per heavy atom. The zero-order valence-electron chi connectivity index (χ0n) is 11.5. The van der Waals surface area contributed by atoms with Crippen LogP contribution in [0, 0.1) is 29.6 Å². The third-order valence-corrected chi connectivity index (χ3v) is 5.51. The highest BCUT2D eigenvalue weighted by Crippen LogP contribution is 2.61. The van der Waals surface area contributed by atoms with Gasteiger partial charge in [-0.2, -0.15) is 0 Å². The van der Waals surface area contributed by atoms with Crippen LogP contribution in [0.15, 0.2) is 12.7 Å². The van der Waals surface area contributed by atoms with Gasteiger partial charge in [-0.15, -0.1) is 0 Å². The summed E-state index contributed by atoms with van der Waals surface area (Å²) >= 11 is 0. The third kappa shape index (κ3) is 1.72. The summed E-state index contributed by atoms with van der Waals surface area (Å²) in [5.41, 5.74) is -0.159. The van der Waals surface area contributed by atoms with Crippen LogP contribution in [0.3, 0.4) is 0 Å². The fourth-order valence-corrected chi connectivity index (χ4v) is 5.55. The number of ether oxygens (including phenoxy) is 1.